The van der Waals surface area contributed by atoms with Crippen LogP contribution in [0, 0.1) is 5.82 Å². The van der Waals surface area contributed by atoms with Crippen LogP contribution in [0.25, 0.3) is 10.9 Å². The minimum absolute atomic E-state index is 0.00667. The van der Waals surface area contributed by atoms with Crippen LogP contribution in [0.4, 0.5) is 4.39 Å². The lowest BCUT2D eigenvalue weighted by atomic mass is 10.00. The molecule has 1 saturated heterocycles. The van der Waals surface area contributed by atoms with Gasteiger partial charge in [0.2, 0.25) is 0 Å². The number of aliphatic hydroxyl groups is 1. The van der Waals surface area contributed by atoms with Crippen LogP contribution in [0.2, 0.25) is 0 Å². The zero-order valence-corrected chi connectivity index (χ0v) is 19.3. The Bertz CT molecular complexity index is 1160. The number of ether oxygens (including phenoxy) is 3. The maximum absolute atomic E-state index is 14.6. The average Bonchev–Trinajstić information content (AvgIpc) is 2.87. The van der Waals surface area contributed by atoms with E-state index < -0.39 is 6.10 Å². The van der Waals surface area contributed by atoms with Crippen molar-refractivity contribution in [3.05, 3.63) is 59.5 Å². The number of piperidine rings is 1. The standard InChI is InChI=1S/C26H30FN3O4/c1-32-18-3-4-22-20(13-18)19(21(27)15-29-22)6-8-30-9-7-23(24(31)16-30)28-14-17-2-5-25-26(12-17)34-11-10-33-25/h2-5,12-13,15,23-24,28,31H,6-11,14,16H2,1H3/t23-,24-/m0/s1. The number of β-amino-alcohol motifs (C(OH)–C–C–N with tert-alkyl or cyclic N) is 1. The minimum Gasteiger partial charge on any atom is -0.497 e. The summed E-state index contributed by atoms with van der Waals surface area (Å²) in [4.78, 5) is 6.39. The van der Waals surface area contributed by atoms with Crippen molar-refractivity contribution in [1.29, 1.82) is 0 Å². The summed E-state index contributed by atoms with van der Waals surface area (Å²) in [6.07, 6.45) is 2.15. The molecule has 180 valence electrons. The van der Waals surface area contributed by atoms with Gasteiger partial charge in [-0.25, -0.2) is 4.39 Å². The van der Waals surface area contributed by atoms with Crippen molar-refractivity contribution in [3.63, 3.8) is 0 Å². The van der Waals surface area contributed by atoms with E-state index in [1.54, 1.807) is 7.11 Å². The molecule has 2 aliphatic rings. The van der Waals surface area contributed by atoms with Gasteiger partial charge in [0.25, 0.3) is 0 Å². The molecule has 2 N–H and O–H groups in total. The second kappa shape index (κ2) is 10.1. The Morgan fingerprint density at radius 3 is 2.85 bits per heavy atom. The number of nitrogens with one attached hydrogen (secondary N) is 1. The number of nitrogens with zero attached hydrogens (tertiary/aromatic N) is 2. The highest BCUT2D eigenvalue weighted by atomic mass is 19.1. The molecule has 8 heteroatoms. The molecule has 0 aliphatic carbocycles. The van der Waals surface area contributed by atoms with Crippen molar-refractivity contribution < 1.29 is 23.7 Å². The van der Waals surface area contributed by atoms with Crippen LogP contribution in [0.15, 0.2) is 42.6 Å². The maximum atomic E-state index is 14.6. The van der Waals surface area contributed by atoms with Gasteiger partial charge in [0, 0.05) is 36.6 Å². The Kier molecular flexibility index (Phi) is 6.80. The monoisotopic (exact) mass is 467 g/mol. The van der Waals surface area contributed by atoms with Crippen LogP contribution in [0.1, 0.15) is 17.5 Å². The van der Waals surface area contributed by atoms with Gasteiger partial charge in [0.1, 0.15) is 24.8 Å². The third-order valence-electron chi connectivity index (χ3n) is 6.65. The number of halogens is 1. The third kappa shape index (κ3) is 4.94. The third-order valence-corrected chi connectivity index (χ3v) is 6.65. The summed E-state index contributed by atoms with van der Waals surface area (Å²) in [7, 11) is 1.60. The first-order chi connectivity index (χ1) is 16.6. The van der Waals surface area contributed by atoms with Gasteiger partial charge in [-0.15, -0.1) is 0 Å². The van der Waals surface area contributed by atoms with E-state index in [0.29, 0.717) is 50.6 Å². The van der Waals surface area contributed by atoms with Crippen molar-refractivity contribution >= 4 is 10.9 Å². The smallest absolute Gasteiger partial charge is 0.161 e. The lowest BCUT2D eigenvalue weighted by Crippen LogP contribution is -2.52. The zero-order valence-electron chi connectivity index (χ0n) is 19.3. The molecular weight excluding hydrogens is 437 g/mol. The van der Waals surface area contributed by atoms with Gasteiger partial charge >= 0.3 is 0 Å². The molecular formula is C26H30FN3O4. The molecule has 0 amide bonds. The highest BCUT2D eigenvalue weighted by Crippen LogP contribution is 2.31. The number of methoxy groups -OCH3 is 1. The Morgan fingerprint density at radius 2 is 2.03 bits per heavy atom. The number of hydrogen-bond acceptors (Lipinski definition) is 7. The van der Waals surface area contributed by atoms with Crippen LogP contribution in [-0.2, 0) is 13.0 Å². The Hall–Kier alpha value is -2.94. The van der Waals surface area contributed by atoms with Gasteiger partial charge in [0.15, 0.2) is 11.5 Å². The zero-order chi connectivity index (χ0) is 23.5. The maximum Gasteiger partial charge on any atom is 0.161 e. The van der Waals surface area contributed by atoms with Gasteiger partial charge in [-0.05, 0) is 55.3 Å². The molecule has 2 aliphatic heterocycles. The molecule has 7 nitrogen and oxygen atoms in total. The van der Waals surface area contributed by atoms with E-state index in [1.807, 2.05) is 36.4 Å². The molecule has 2 atom stereocenters. The number of likely N-dealkylation sites (tertiary alicyclic amines) is 1. The number of aliphatic hydroxyl groups excluding tert-OH is 1. The van der Waals surface area contributed by atoms with Crippen molar-refractivity contribution in [1.82, 2.24) is 15.2 Å². The predicted octanol–water partition coefficient (Wildman–Crippen LogP) is 2.92. The molecule has 5 rings (SSSR count). The van der Waals surface area contributed by atoms with E-state index >= 15 is 0 Å². The molecule has 1 aromatic heterocycles. The van der Waals surface area contributed by atoms with E-state index in [4.69, 9.17) is 14.2 Å². The first-order valence-corrected chi connectivity index (χ1v) is 11.7. The van der Waals surface area contributed by atoms with E-state index in [-0.39, 0.29) is 11.9 Å². The lowest BCUT2D eigenvalue weighted by Gasteiger charge is -2.36. The van der Waals surface area contributed by atoms with E-state index in [0.717, 1.165) is 40.9 Å². The summed E-state index contributed by atoms with van der Waals surface area (Å²) in [5.74, 6) is 1.92. The molecule has 0 bridgehead atoms. The molecule has 0 unspecified atom stereocenters. The molecule has 1 fully saturated rings. The largest absolute Gasteiger partial charge is 0.497 e. The van der Waals surface area contributed by atoms with Crippen molar-refractivity contribution in [2.45, 2.75) is 31.5 Å². The Balaban J connectivity index is 1.16. The first-order valence-electron chi connectivity index (χ1n) is 11.7. The highest BCUT2D eigenvalue weighted by Gasteiger charge is 2.27. The second-order valence-electron chi connectivity index (χ2n) is 8.84. The predicted molar refractivity (Wildman–Crippen MR) is 127 cm³/mol. The molecule has 2 aromatic carbocycles. The summed E-state index contributed by atoms with van der Waals surface area (Å²) >= 11 is 0. The van der Waals surface area contributed by atoms with E-state index in [9.17, 15) is 9.50 Å². The summed E-state index contributed by atoms with van der Waals surface area (Å²) in [6.45, 7) is 3.84. The molecule has 0 radical (unpaired) electrons. The number of rotatable bonds is 7. The first kappa shape index (κ1) is 22.8. The van der Waals surface area contributed by atoms with Gasteiger partial charge in [0.05, 0.1) is 24.9 Å². The lowest BCUT2D eigenvalue weighted by molar-refractivity contribution is 0.0404. The van der Waals surface area contributed by atoms with Crippen LogP contribution in [0.5, 0.6) is 17.2 Å². The van der Waals surface area contributed by atoms with Crippen molar-refractivity contribution in [2.24, 2.45) is 0 Å². The van der Waals surface area contributed by atoms with Crippen LogP contribution < -0.4 is 19.5 Å². The second-order valence-corrected chi connectivity index (χ2v) is 8.84. The number of aromatic nitrogens is 1. The number of pyridine rings is 1. The minimum atomic E-state index is -0.495. The van der Waals surface area contributed by atoms with Crippen LogP contribution in [0.3, 0.4) is 0 Å². The van der Waals surface area contributed by atoms with E-state index in [1.165, 1.54) is 6.20 Å². The molecule has 3 heterocycles. The summed E-state index contributed by atoms with van der Waals surface area (Å²) in [5, 5.41) is 15.0. The Morgan fingerprint density at radius 1 is 1.18 bits per heavy atom. The van der Waals surface area contributed by atoms with Gasteiger partial charge in [-0.2, -0.15) is 0 Å². The summed E-state index contributed by atoms with van der Waals surface area (Å²) < 4.78 is 31.2. The normalized spacial score (nSPS) is 20.4. The van der Waals surface area contributed by atoms with Gasteiger partial charge in [-0.1, -0.05) is 6.07 Å². The number of hydrogen-bond donors (Lipinski definition) is 2. The molecule has 34 heavy (non-hydrogen) atoms. The van der Waals surface area contributed by atoms with Crippen LogP contribution >= 0.6 is 0 Å². The van der Waals surface area contributed by atoms with Crippen molar-refractivity contribution in [3.8, 4) is 17.2 Å². The average molecular weight is 468 g/mol. The molecule has 3 aromatic rings. The quantitative estimate of drug-likeness (QED) is 0.553. The van der Waals surface area contributed by atoms with Crippen molar-refractivity contribution in [2.75, 3.05) is 40.0 Å². The number of benzene rings is 2. The summed E-state index contributed by atoms with van der Waals surface area (Å²) in [5.41, 5.74) is 2.48. The fourth-order valence-corrected chi connectivity index (χ4v) is 4.74. The number of fused-ring (bicyclic) bond motifs is 2. The summed E-state index contributed by atoms with van der Waals surface area (Å²) in [6, 6.07) is 11.5. The van der Waals surface area contributed by atoms with Gasteiger partial charge in [-0.3, -0.25) is 4.98 Å². The Labute approximate surface area is 198 Å². The fourth-order valence-electron chi connectivity index (χ4n) is 4.74. The van der Waals surface area contributed by atoms with Gasteiger partial charge < -0.3 is 29.5 Å². The SMILES string of the molecule is COc1ccc2ncc(F)c(CCN3CC[C@H](NCc4ccc5c(c4)OCCO5)[C@@H](O)C3)c2c1. The molecule has 0 saturated carbocycles. The topological polar surface area (TPSA) is 76.1 Å². The van der Waals surface area contributed by atoms with E-state index in [2.05, 4.69) is 15.2 Å². The van der Waals surface area contributed by atoms with Crippen LogP contribution in [-0.4, -0.2) is 67.1 Å². The molecule has 0 spiro atoms. The highest BCUT2D eigenvalue weighted by molar-refractivity contribution is 5.83. The fraction of sp³-hybridized carbons (Fsp3) is 0.423.